The maximum atomic E-state index is 12.3. The van der Waals surface area contributed by atoms with Gasteiger partial charge in [-0.3, -0.25) is 9.48 Å². The molecule has 4 rings (SSSR count). The van der Waals surface area contributed by atoms with Crippen LogP contribution in [0.15, 0.2) is 12.5 Å². The first-order valence-corrected chi connectivity index (χ1v) is 8.36. The fourth-order valence-electron chi connectivity index (χ4n) is 4.17. The van der Waals surface area contributed by atoms with Crippen molar-refractivity contribution in [1.29, 1.82) is 0 Å². The Bertz CT molecular complexity index is 726. The van der Waals surface area contributed by atoms with Gasteiger partial charge in [0, 0.05) is 26.1 Å². The highest BCUT2D eigenvalue weighted by molar-refractivity contribution is 5.86. The van der Waals surface area contributed by atoms with Crippen LogP contribution in [0.2, 0.25) is 0 Å². The normalized spacial score (nSPS) is 25.9. The number of anilines is 1. The van der Waals surface area contributed by atoms with Gasteiger partial charge in [0.2, 0.25) is 5.91 Å². The molecule has 2 aliphatic carbocycles. The number of hydrogen-bond donors (Lipinski definition) is 2. The van der Waals surface area contributed by atoms with E-state index < -0.39 is 0 Å². The first kappa shape index (κ1) is 14.4. The Balaban J connectivity index is 1.29. The molecule has 3 atom stereocenters. The van der Waals surface area contributed by atoms with E-state index in [-0.39, 0.29) is 11.8 Å². The van der Waals surface area contributed by atoms with Crippen molar-refractivity contribution in [3.05, 3.63) is 12.5 Å². The van der Waals surface area contributed by atoms with Crippen molar-refractivity contribution in [1.82, 2.24) is 25.1 Å². The van der Waals surface area contributed by atoms with Gasteiger partial charge in [0.15, 0.2) is 5.65 Å². The third kappa shape index (κ3) is 2.64. The van der Waals surface area contributed by atoms with Crippen LogP contribution in [0.4, 0.5) is 5.82 Å². The molecule has 2 N–H and O–H groups in total. The molecular weight excluding hydrogens is 292 g/mol. The predicted molar refractivity (Wildman–Crippen MR) is 86.7 cm³/mol. The summed E-state index contributed by atoms with van der Waals surface area (Å²) in [5.74, 6) is 2.67. The van der Waals surface area contributed by atoms with E-state index in [2.05, 4.69) is 25.7 Å². The van der Waals surface area contributed by atoms with Gasteiger partial charge < -0.3 is 10.6 Å². The molecule has 23 heavy (non-hydrogen) atoms. The number of rotatable bonds is 5. The minimum absolute atomic E-state index is 0.230. The molecule has 0 saturated heterocycles. The van der Waals surface area contributed by atoms with Crippen molar-refractivity contribution >= 4 is 22.8 Å². The lowest BCUT2D eigenvalue weighted by molar-refractivity contribution is -0.126. The Morgan fingerprint density at radius 2 is 2.22 bits per heavy atom. The summed E-state index contributed by atoms with van der Waals surface area (Å²) in [4.78, 5) is 20.8. The summed E-state index contributed by atoms with van der Waals surface area (Å²) >= 11 is 0. The highest BCUT2D eigenvalue weighted by Gasteiger charge is 2.42. The van der Waals surface area contributed by atoms with Gasteiger partial charge in [-0.05, 0) is 31.1 Å². The number of nitrogens with one attached hydrogen (secondary N) is 2. The van der Waals surface area contributed by atoms with Gasteiger partial charge in [0.05, 0.1) is 11.6 Å². The summed E-state index contributed by atoms with van der Waals surface area (Å²) < 4.78 is 1.72. The smallest absolute Gasteiger partial charge is 0.223 e. The number of hydrogen-bond acceptors (Lipinski definition) is 5. The van der Waals surface area contributed by atoms with Crippen molar-refractivity contribution in [3.63, 3.8) is 0 Å². The summed E-state index contributed by atoms with van der Waals surface area (Å²) in [5.41, 5.74) is 0.800. The van der Waals surface area contributed by atoms with Gasteiger partial charge in [0.1, 0.15) is 12.1 Å². The molecule has 7 heteroatoms. The number of aromatic nitrogens is 4. The third-order valence-corrected chi connectivity index (χ3v) is 5.32. The molecule has 2 heterocycles. The second-order valence-corrected chi connectivity index (χ2v) is 6.73. The Labute approximate surface area is 134 Å². The van der Waals surface area contributed by atoms with E-state index in [0.717, 1.165) is 29.2 Å². The lowest BCUT2D eigenvalue weighted by atomic mass is 9.88. The zero-order valence-electron chi connectivity index (χ0n) is 13.3. The number of amides is 1. The number of carbonyl (C=O) groups excluding carboxylic acids is 1. The van der Waals surface area contributed by atoms with E-state index in [1.54, 1.807) is 10.9 Å². The summed E-state index contributed by atoms with van der Waals surface area (Å²) in [6.07, 6.45) is 8.19. The largest absolute Gasteiger partial charge is 0.368 e. The van der Waals surface area contributed by atoms with Crippen LogP contribution in [0.25, 0.3) is 11.0 Å². The van der Waals surface area contributed by atoms with Crippen LogP contribution >= 0.6 is 0 Å². The SMILES string of the molecule is Cn1ncc2c(NCCNC(=O)[C@@H]3C[C@H]4CC[C@H]3C4)ncnc21. The molecule has 2 aliphatic rings. The van der Waals surface area contributed by atoms with Crippen molar-refractivity contribution in [2.75, 3.05) is 18.4 Å². The second kappa shape index (κ2) is 5.79. The summed E-state index contributed by atoms with van der Waals surface area (Å²) in [6.45, 7) is 1.26. The molecule has 2 aromatic rings. The first-order valence-electron chi connectivity index (χ1n) is 8.36. The van der Waals surface area contributed by atoms with Crippen LogP contribution in [-0.2, 0) is 11.8 Å². The lowest BCUT2D eigenvalue weighted by Gasteiger charge is -2.20. The molecule has 0 spiro atoms. The van der Waals surface area contributed by atoms with Crippen molar-refractivity contribution in [2.45, 2.75) is 25.7 Å². The quantitative estimate of drug-likeness (QED) is 0.813. The Morgan fingerprint density at radius 3 is 3.00 bits per heavy atom. The molecule has 2 aromatic heterocycles. The zero-order valence-corrected chi connectivity index (χ0v) is 13.3. The summed E-state index contributed by atoms with van der Waals surface area (Å²) in [7, 11) is 1.86. The van der Waals surface area contributed by atoms with Crippen molar-refractivity contribution in [3.8, 4) is 0 Å². The average Bonchev–Trinajstić information content (AvgIpc) is 3.28. The van der Waals surface area contributed by atoms with E-state index in [9.17, 15) is 4.79 Å². The fraction of sp³-hybridized carbons (Fsp3) is 0.625. The van der Waals surface area contributed by atoms with Gasteiger partial charge in [-0.2, -0.15) is 5.10 Å². The van der Waals surface area contributed by atoms with Gasteiger partial charge >= 0.3 is 0 Å². The minimum Gasteiger partial charge on any atom is -0.368 e. The van der Waals surface area contributed by atoms with Crippen LogP contribution in [-0.4, -0.2) is 38.7 Å². The first-order chi connectivity index (χ1) is 11.2. The molecule has 1 amide bonds. The maximum Gasteiger partial charge on any atom is 0.223 e. The monoisotopic (exact) mass is 314 g/mol. The molecule has 7 nitrogen and oxygen atoms in total. The molecule has 0 aliphatic heterocycles. The Kier molecular flexibility index (Phi) is 3.63. The minimum atomic E-state index is 0.230. The van der Waals surface area contributed by atoms with Gasteiger partial charge in [-0.25, -0.2) is 9.97 Å². The van der Waals surface area contributed by atoms with E-state index >= 15 is 0 Å². The van der Waals surface area contributed by atoms with Crippen molar-refractivity contribution < 1.29 is 4.79 Å². The standard InChI is InChI=1S/C16H22N6O/c1-22-15-13(8-21-22)14(19-9-20-15)17-4-5-18-16(23)12-7-10-2-3-11(12)6-10/h8-12H,2-7H2,1H3,(H,18,23)(H,17,19,20)/t10-,11-,12+/m0/s1. The van der Waals surface area contributed by atoms with E-state index in [1.807, 2.05) is 7.05 Å². The molecular formula is C16H22N6O. The van der Waals surface area contributed by atoms with E-state index in [4.69, 9.17) is 0 Å². The van der Waals surface area contributed by atoms with Crippen LogP contribution in [0.5, 0.6) is 0 Å². The number of carbonyl (C=O) groups is 1. The third-order valence-electron chi connectivity index (χ3n) is 5.32. The molecule has 2 bridgehead atoms. The summed E-state index contributed by atoms with van der Waals surface area (Å²) in [6, 6.07) is 0. The molecule has 122 valence electrons. The Hall–Kier alpha value is -2.18. The number of aryl methyl sites for hydroxylation is 1. The molecule has 0 radical (unpaired) electrons. The van der Waals surface area contributed by atoms with Crippen molar-refractivity contribution in [2.24, 2.45) is 24.8 Å². The fourth-order valence-corrected chi connectivity index (χ4v) is 4.17. The second-order valence-electron chi connectivity index (χ2n) is 6.73. The van der Waals surface area contributed by atoms with Crippen LogP contribution < -0.4 is 10.6 Å². The van der Waals surface area contributed by atoms with Crippen LogP contribution in [0.3, 0.4) is 0 Å². The molecule has 2 saturated carbocycles. The average molecular weight is 314 g/mol. The van der Waals surface area contributed by atoms with E-state index in [1.165, 1.54) is 25.6 Å². The van der Waals surface area contributed by atoms with Gasteiger partial charge in [0.25, 0.3) is 0 Å². The highest BCUT2D eigenvalue weighted by Crippen LogP contribution is 2.48. The summed E-state index contributed by atoms with van der Waals surface area (Å²) in [5, 5.41) is 11.4. The molecule has 0 unspecified atom stereocenters. The Morgan fingerprint density at radius 1 is 1.30 bits per heavy atom. The molecule has 0 aromatic carbocycles. The maximum absolute atomic E-state index is 12.3. The predicted octanol–water partition coefficient (Wildman–Crippen LogP) is 1.33. The van der Waals surface area contributed by atoms with Crippen LogP contribution in [0.1, 0.15) is 25.7 Å². The molecule has 2 fully saturated rings. The zero-order chi connectivity index (χ0) is 15.8. The van der Waals surface area contributed by atoms with Crippen LogP contribution in [0, 0.1) is 17.8 Å². The number of fused-ring (bicyclic) bond motifs is 3. The lowest BCUT2D eigenvalue weighted by Crippen LogP contribution is -2.36. The van der Waals surface area contributed by atoms with E-state index in [0.29, 0.717) is 19.0 Å². The topological polar surface area (TPSA) is 84.7 Å². The number of nitrogens with zero attached hydrogens (tertiary/aromatic N) is 4. The van der Waals surface area contributed by atoms with Gasteiger partial charge in [-0.15, -0.1) is 0 Å². The van der Waals surface area contributed by atoms with Gasteiger partial charge in [-0.1, -0.05) is 6.42 Å². The highest BCUT2D eigenvalue weighted by atomic mass is 16.1.